The Hall–Kier alpha value is -3.81. The first-order valence-electron chi connectivity index (χ1n) is 16.7. The predicted octanol–water partition coefficient (Wildman–Crippen LogP) is 7.57. The van der Waals surface area contributed by atoms with Gasteiger partial charge in [-0.2, -0.15) is 10.4 Å². The van der Waals surface area contributed by atoms with Crippen LogP contribution in [-0.4, -0.2) is 53.0 Å². The molecule has 0 amide bonds. The minimum absolute atomic E-state index is 0.0801. The Morgan fingerprint density at radius 1 is 1.07 bits per heavy atom. The Kier molecular flexibility index (Phi) is 8.36. The van der Waals surface area contributed by atoms with Gasteiger partial charge in [0.15, 0.2) is 17.3 Å². The molecule has 1 fully saturated rings. The van der Waals surface area contributed by atoms with Gasteiger partial charge >= 0.3 is 5.97 Å². The fraction of sp³-hybridized carbons (Fsp3) is 0.686. The minimum atomic E-state index is -0.545. The van der Waals surface area contributed by atoms with E-state index >= 15 is 0 Å². The number of rotatable bonds is 5. The van der Waals surface area contributed by atoms with Crippen LogP contribution in [0.2, 0.25) is 0 Å². The van der Waals surface area contributed by atoms with E-state index in [0.29, 0.717) is 46.9 Å². The van der Waals surface area contributed by atoms with Crippen molar-refractivity contribution < 1.29 is 9.53 Å². The molecular weight excluding hydrogens is 578 g/mol. The van der Waals surface area contributed by atoms with Gasteiger partial charge in [0, 0.05) is 23.2 Å². The normalized spacial score (nSPS) is 23.2. The monoisotopic (exact) mass is 629 g/mol. The van der Waals surface area contributed by atoms with Crippen molar-refractivity contribution in [2.75, 3.05) is 0 Å². The molecule has 2 atom stereocenters. The van der Waals surface area contributed by atoms with E-state index in [1.807, 2.05) is 41.5 Å². The third-order valence-electron chi connectivity index (χ3n) is 9.53. The number of carbonyl (C=O) groups is 1. The SMILES string of the molecule is CCC1=Nn2nc(C(C)C)nc2C1=Nc1c(C#N)c(C(=O)OC2C(C(C)(C)C)CC(C)CC2C(C)(C)C)c2nc(C(C)(C)C)[nH]n12. The van der Waals surface area contributed by atoms with Crippen LogP contribution in [0.25, 0.3) is 5.65 Å². The summed E-state index contributed by atoms with van der Waals surface area (Å²) in [5, 5.41) is 23.2. The molecule has 3 aromatic heterocycles. The highest BCUT2D eigenvalue weighted by Crippen LogP contribution is 2.50. The molecule has 0 saturated heterocycles. The molecular formula is C35H51N9O2. The molecule has 0 aromatic carbocycles. The van der Waals surface area contributed by atoms with Crippen LogP contribution in [0.1, 0.15) is 149 Å². The fourth-order valence-corrected chi connectivity index (χ4v) is 6.82. The lowest BCUT2D eigenvalue weighted by Crippen LogP contribution is -2.49. The van der Waals surface area contributed by atoms with Crippen molar-refractivity contribution in [1.29, 1.82) is 5.26 Å². The summed E-state index contributed by atoms with van der Waals surface area (Å²) in [5.74, 6) is 2.48. The topological polar surface area (TPSA) is 139 Å². The van der Waals surface area contributed by atoms with Crippen molar-refractivity contribution in [2.45, 2.75) is 127 Å². The molecule has 0 spiro atoms. The number of fused-ring (bicyclic) bond motifs is 2. The molecule has 1 saturated carbocycles. The first kappa shape index (κ1) is 33.6. The lowest BCUT2D eigenvalue weighted by Gasteiger charge is -2.50. The average molecular weight is 630 g/mol. The van der Waals surface area contributed by atoms with Gasteiger partial charge in [-0.25, -0.2) is 24.3 Å². The van der Waals surface area contributed by atoms with Gasteiger partial charge in [0.2, 0.25) is 5.82 Å². The van der Waals surface area contributed by atoms with E-state index in [4.69, 9.17) is 19.7 Å². The number of nitriles is 1. The van der Waals surface area contributed by atoms with Crippen molar-refractivity contribution in [1.82, 2.24) is 29.5 Å². The molecule has 11 heteroatoms. The molecule has 4 heterocycles. The number of hydrogen-bond acceptors (Lipinski definition) is 8. The summed E-state index contributed by atoms with van der Waals surface area (Å²) in [6.45, 7) is 27.8. The second-order valence-electron chi connectivity index (χ2n) is 16.8. The Balaban J connectivity index is 1.70. The number of aromatic amines is 1. The fourth-order valence-electron chi connectivity index (χ4n) is 6.82. The molecule has 1 N–H and O–H groups in total. The molecule has 2 aliphatic rings. The van der Waals surface area contributed by atoms with Crippen LogP contribution in [0.5, 0.6) is 0 Å². The Morgan fingerprint density at radius 2 is 1.67 bits per heavy atom. The van der Waals surface area contributed by atoms with Crippen molar-refractivity contribution in [3.63, 3.8) is 0 Å². The molecule has 1 aliphatic heterocycles. The number of aromatic nitrogens is 6. The number of hydrogen-bond donors (Lipinski definition) is 1. The highest BCUT2D eigenvalue weighted by atomic mass is 16.5. The maximum Gasteiger partial charge on any atom is 0.343 e. The summed E-state index contributed by atoms with van der Waals surface area (Å²) in [6.07, 6.45) is 2.21. The Labute approximate surface area is 272 Å². The molecule has 1 aliphatic carbocycles. The first-order valence-corrected chi connectivity index (χ1v) is 16.7. The summed E-state index contributed by atoms with van der Waals surface area (Å²) in [6, 6.07) is 2.29. The summed E-state index contributed by atoms with van der Waals surface area (Å²) in [5.41, 5.74) is 1.26. The maximum absolute atomic E-state index is 14.5. The summed E-state index contributed by atoms with van der Waals surface area (Å²) in [4.78, 5) is 30.6. The van der Waals surface area contributed by atoms with E-state index in [2.05, 4.69) is 69.8 Å². The predicted molar refractivity (Wildman–Crippen MR) is 180 cm³/mol. The second kappa shape index (κ2) is 11.5. The highest BCUT2D eigenvalue weighted by molar-refractivity contribution is 6.49. The van der Waals surface area contributed by atoms with Crippen molar-refractivity contribution in [2.24, 2.45) is 38.7 Å². The first-order chi connectivity index (χ1) is 21.3. The van der Waals surface area contributed by atoms with Gasteiger partial charge in [0.1, 0.15) is 34.8 Å². The average Bonchev–Trinajstić information content (AvgIpc) is 3.67. The van der Waals surface area contributed by atoms with E-state index in [9.17, 15) is 10.1 Å². The number of nitrogens with one attached hydrogen (secondary N) is 1. The quantitative estimate of drug-likeness (QED) is 0.289. The maximum atomic E-state index is 14.5. The third kappa shape index (κ3) is 5.91. The largest absolute Gasteiger partial charge is 0.458 e. The molecule has 46 heavy (non-hydrogen) atoms. The van der Waals surface area contributed by atoms with Gasteiger partial charge in [-0.05, 0) is 36.0 Å². The van der Waals surface area contributed by atoms with Gasteiger partial charge in [-0.15, -0.1) is 9.89 Å². The van der Waals surface area contributed by atoms with E-state index in [-0.39, 0.29) is 57.0 Å². The molecule has 5 rings (SSSR count). The van der Waals surface area contributed by atoms with Crippen LogP contribution in [0, 0.1) is 39.9 Å². The van der Waals surface area contributed by atoms with Gasteiger partial charge in [0.25, 0.3) is 0 Å². The zero-order valence-corrected chi connectivity index (χ0v) is 29.9. The Bertz CT molecular complexity index is 1730. The lowest BCUT2D eigenvalue weighted by atomic mass is 9.59. The zero-order chi connectivity index (χ0) is 34.1. The smallest absolute Gasteiger partial charge is 0.343 e. The Morgan fingerprint density at radius 3 is 2.17 bits per heavy atom. The number of aliphatic imine (C=N–C) groups is 1. The van der Waals surface area contributed by atoms with Crippen LogP contribution in [-0.2, 0) is 10.2 Å². The molecule has 3 aromatic rings. The molecule has 2 unspecified atom stereocenters. The summed E-state index contributed by atoms with van der Waals surface area (Å²) in [7, 11) is 0. The van der Waals surface area contributed by atoms with E-state index < -0.39 is 5.97 Å². The molecule has 0 bridgehead atoms. The summed E-state index contributed by atoms with van der Waals surface area (Å²) >= 11 is 0. The molecule has 0 radical (unpaired) electrons. The van der Waals surface area contributed by atoms with Crippen molar-refractivity contribution >= 4 is 28.9 Å². The molecule has 248 valence electrons. The van der Waals surface area contributed by atoms with Crippen LogP contribution in [0.4, 0.5) is 5.82 Å². The van der Waals surface area contributed by atoms with Gasteiger partial charge in [-0.3, -0.25) is 5.10 Å². The standard InChI is InChI=1S/C35H51N9O2/c1-14-23-25(30-38-27(18(2)3)41-44(30)40-23)37-28-20(17-36)24(29-39-32(35(11,12)13)42-43(28)29)31(45)46-26-21(33(5,6)7)15-19(4)16-22(26)34(8,9)10/h18-19,21-22,26H,14-16H2,1-13H3,(H,39,42). The van der Waals surface area contributed by atoms with Gasteiger partial charge < -0.3 is 4.74 Å². The zero-order valence-electron chi connectivity index (χ0n) is 29.9. The van der Waals surface area contributed by atoms with E-state index in [1.54, 1.807) is 4.52 Å². The van der Waals surface area contributed by atoms with E-state index in [1.165, 1.54) is 4.79 Å². The number of nitrogens with zero attached hydrogens (tertiary/aromatic N) is 8. The number of H-pyrrole nitrogens is 1. The van der Waals surface area contributed by atoms with Crippen molar-refractivity contribution in [3.8, 4) is 6.07 Å². The summed E-state index contributed by atoms with van der Waals surface area (Å²) < 4.78 is 8.25. The van der Waals surface area contributed by atoms with Gasteiger partial charge in [-0.1, -0.05) is 90.0 Å². The second-order valence-corrected chi connectivity index (χ2v) is 16.8. The van der Waals surface area contributed by atoms with E-state index in [0.717, 1.165) is 12.8 Å². The number of ether oxygens (including phenoxy) is 1. The van der Waals surface area contributed by atoms with Crippen molar-refractivity contribution in [3.05, 3.63) is 28.6 Å². The minimum Gasteiger partial charge on any atom is -0.458 e. The van der Waals surface area contributed by atoms with Crippen LogP contribution >= 0.6 is 0 Å². The van der Waals surface area contributed by atoms with Crippen LogP contribution < -0.4 is 0 Å². The van der Waals surface area contributed by atoms with Crippen LogP contribution in [0.3, 0.4) is 0 Å². The number of esters is 1. The highest BCUT2D eigenvalue weighted by Gasteiger charge is 2.48. The molecule has 11 nitrogen and oxygen atoms in total. The number of carbonyl (C=O) groups excluding carboxylic acids is 1. The van der Waals surface area contributed by atoms with Crippen LogP contribution in [0.15, 0.2) is 10.1 Å². The lowest BCUT2D eigenvalue weighted by molar-refractivity contribution is -0.0922. The third-order valence-corrected chi connectivity index (χ3v) is 9.53. The van der Waals surface area contributed by atoms with Gasteiger partial charge in [0.05, 0.1) is 5.71 Å².